The van der Waals surface area contributed by atoms with E-state index in [4.69, 9.17) is 4.74 Å². The molecule has 21 heavy (non-hydrogen) atoms. The summed E-state index contributed by atoms with van der Waals surface area (Å²) in [6, 6.07) is 6.84. The molecule has 1 aromatic rings. The molecule has 1 atom stereocenters. The molecule has 0 fully saturated rings. The number of rotatable bonds is 7. The standard InChI is InChI=1S/C16H21F3O2/c1-11(2)10-12(3)21-14-7-4-13(5-8-14)6-9-15(20)16(17,18)19/h4-5,7-8,11-12H,6,9-10H2,1-3H3. The van der Waals surface area contributed by atoms with Crippen molar-refractivity contribution in [3.05, 3.63) is 29.8 Å². The first-order valence-corrected chi connectivity index (χ1v) is 7.04. The van der Waals surface area contributed by atoms with Crippen molar-refractivity contribution in [1.29, 1.82) is 0 Å². The molecule has 118 valence electrons. The number of Topliss-reactive ketones (excluding diaryl/α,β-unsaturated/α-hetero) is 1. The van der Waals surface area contributed by atoms with Crippen molar-refractivity contribution in [3.63, 3.8) is 0 Å². The maximum absolute atomic E-state index is 12.1. The zero-order valence-corrected chi connectivity index (χ0v) is 12.5. The fraction of sp³-hybridized carbons (Fsp3) is 0.562. The second-order valence-electron chi connectivity index (χ2n) is 5.62. The second kappa shape index (κ2) is 7.48. The van der Waals surface area contributed by atoms with Crippen LogP contribution in [0, 0.1) is 5.92 Å². The maximum atomic E-state index is 12.1. The lowest BCUT2D eigenvalue weighted by Crippen LogP contribution is -2.22. The quantitative estimate of drug-likeness (QED) is 0.738. The van der Waals surface area contributed by atoms with Crippen molar-refractivity contribution >= 4 is 5.78 Å². The van der Waals surface area contributed by atoms with E-state index in [9.17, 15) is 18.0 Å². The lowest BCUT2D eigenvalue weighted by molar-refractivity contribution is -0.171. The third-order valence-corrected chi connectivity index (χ3v) is 3.02. The van der Waals surface area contributed by atoms with Gasteiger partial charge in [-0.3, -0.25) is 4.79 Å². The molecule has 0 radical (unpaired) electrons. The summed E-state index contributed by atoms with van der Waals surface area (Å²) >= 11 is 0. The van der Waals surface area contributed by atoms with E-state index in [2.05, 4.69) is 13.8 Å². The third-order valence-electron chi connectivity index (χ3n) is 3.02. The maximum Gasteiger partial charge on any atom is 0.449 e. The minimum atomic E-state index is -4.74. The average Bonchev–Trinajstić information content (AvgIpc) is 2.35. The van der Waals surface area contributed by atoms with E-state index >= 15 is 0 Å². The van der Waals surface area contributed by atoms with Crippen LogP contribution in [-0.4, -0.2) is 18.1 Å². The Hall–Kier alpha value is -1.52. The van der Waals surface area contributed by atoms with Gasteiger partial charge < -0.3 is 4.74 Å². The Balaban J connectivity index is 2.49. The average molecular weight is 302 g/mol. The van der Waals surface area contributed by atoms with Gasteiger partial charge in [0.1, 0.15) is 5.75 Å². The van der Waals surface area contributed by atoms with E-state index < -0.39 is 18.4 Å². The van der Waals surface area contributed by atoms with Gasteiger partial charge in [0.25, 0.3) is 0 Å². The van der Waals surface area contributed by atoms with Gasteiger partial charge in [0.15, 0.2) is 0 Å². The van der Waals surface area contributed by atoms with Gasteiger partial charge in [0, 0.05) is 6.42 Å². The fourth-order valence-corrected chi connectivity index (χ4v) is 2.08. The molecule has 1 unspecified atom stereocenters. The monoisotopic (exact) mass is 302 g/mol. The second-order valence-corrected chi connectivity index (χ2v) is 5.62. The van der Waals surface area contributed by atoms with Crippen LogP contribution in [-0.2, 0) is 11.2 Å². The predicted octanol–water partition coefficient (Wildman–Crippen LogP) is 4.56. The number of hydrogen-bond acceptors (Lipinski definition) is 2. The number of benzene rings is 1. The Morgan fingerprint density at radius 1 is 1.14 bits per heavy atom. The normalized spacial score (nSPS) is 13.3. The number of ketones is 1. The molecule has 0 aliphatic carbocycles. The molecule has 0 heterocycles. The molecule has 0 saturated heterocycles. The van der Waals surface area contributed by atoms with Gasteiger partial charge in [0.2, 0.25) is 5.78 Å². The van der Waals surface area contributed by atoms with Crippen molar-refractivity contribution in [3.8, 4) is 5.75 Å². The summed E-state index contributed by atoms with van der Waals surface area (Å²) in [6.45, 7) is 6.21. The topological polar surface area (TPSA) is 26.3 Å². The van der Waals surface area contributed by atoms with Gasteiger partial charge in [-0.2, -0.15) is 13.2 Å². The summed E-state index contributed by atoms with van der Waals surface area (Å²) in [5.41, 5.74) is 0.691. The summed E-state index contributed by atoms with van der Waals surface area (Å²) in [6.07, 6.45) is -4.16. The molecule has 0 aliphatic rings. The molecular formula is C16H21F3O2. The Kier molecular flexibility index (Phi) is 6.24. The minimum Gasteiger partial charge on any atom is -0.491 e. The summed E-state index contributed by atoms with van der Waals surface area (Å²) < 4.78 is 42.0. The van der Waals surface area contributed by atoms with Crippen LogP contribution in [0.25, 0.3) is 0 Å². The van der Waals surface area contributed by atoms with Crippen LogP contribution < -0.4 is 4.74 Å². The van der Waals surface area contributed by atoms with Crippen LogP contribution in [0.2, 0.25) is 0 Å². The van der Waals surface area contributed by atoms with Crippen molar-refractivity contribution in [2.45, 2.75) is 52.3 Å². The first kappa shape index (κ1) is 17.5. The van der Waals surface area contributed by atoms with Crippen molar-refractivity contribution in [1.82, 2.24) is 0 Å². The van der Waals surface area contributed by atoms with Gasteiger partial charge in [-0.05, 0) is 43.4 Å². The molecule has 0 N–H and O–H groups in total. The highest BCUT2D eigenvalue weighted by molar-refractivity contribution is 5.84. The number of halogens is 3. The highest BCUT2D eigenvalue weighted by Gasteiger charge is 2.37. The van der Waals surface area contributed by atoms with E-state index in [1.807, 2.05) is 6.92 Å². The zero-order chi connectivity index (χ0) is 16.0. The van der Waals surface area contributed by atoms with Crippen LogP contribution in [0.15, 0.2) is 24.3 Å². The van der Waals surface area contributed by atoms with E-state index in [0.29, 0.717) is 17.2 Å². The van der Waals surface area contributed by atoms with Crippen LogP contribution in [0.4, 0.5) is 13.2 Å². The molecule has 0 saturated carbocycles. The SMILES string of the molecule is CC(C)CC(C)Oc1ccc(CCC(=O)C(F)(F)F)cc1. The number of carbonyl (C=O) groups excluding carboxylic acids is 1. The predicted molar refractivity (Wildman–Crippen MR) is 75.4 cm³/mol. The molecule has 0 bridgehead atoms. The summed E-state index contributed by atoms with van der Waals surface area (Å²) in [5.74, 6) is -0.463. The molecule has 0 aliphatic heterocycles. The van der Waals surface area contributed by atoms with E-state index in [1.165, 1.54) is 0 Å². The van der Waals surface area contributed by atoms with Crippen LogP contribution in [0.5, 0.6) is 5.75 Å². The molecule has 0 spiro atoms. The molecule has 1 aromatic carbocycles. The number of hydrogen-bond donors (Lipinski definition) is 0. The highest BCUT2D eigenvalue weighted by atomic mass is 19.4. The Bertz CT molecular complexity index is 450. The third kappa shape index (κ3) is 6.65. The Labute approximate surface area is 123 Å². The number of ether oxygens (including phenoxy) is 1. The highest BCUT2D eigenvalue weighted by Crippen LogP contribution is 2.21. The molecule has 5 heteroatoms. The molecule has 0 aromatic heterocycles. The first-order chi connectivity index (χ1) is 9.68. The molecular weight excluding hydrogens is 281 g/mol. The van der Waals surface area contributed by atoms with Gasteiger partial charge in [-0.15, -0.1) is 0 Å². The smallest absolute Gasteiger partial charge is 0.449 e. The summed E-state index contributed by atoms with van der Waals surface area (Å²) in [4.78, 5) is 10.8. The molecule has 1 rings (SSSR count). The van der Waals surface area contributed by atoms with Crippen LogP contribution in [0.1, 0.15) is 39.2 Å². The lowest BCUT2D eigenvalue weighted by atomic mass is 10.1. The molecule has 0 amide bonds. The summed E-state index contributed by atoms with van der Waals surface area (Å²) in [5, 5.41) is 0. The van der Waals surface area contributed by atoms with Crippen molar-refractivity contribution in [2.24, 2.45) is 5.92 Å². The number of carbonyl (C=O) groups is 1. The number of alkyl halides is 3. The van der Waals surface area contributed by atoms with E-state index in [-0.39, 0.29) is 12.5 Å². The van der Waals surface area contributed by atoms with Crippen molar-refractivity contribution in [2.75, 3.05) is 0 Å². The Morgan fingerprint density at radius 3 is 2.19 bits per heavy atom. The van der Waals surface area contributed by atoms with Crippen molar-refractivity contribution < 1.29 is 22.7 Å². The fourth-order valence-electron chi connectivity index (χ4n) is 2.08. The van der Waals surface area contributed by atoms with Crippen LogP contribution in [0.3, 0.4) is 0 Å². The van der Waals surface area contributed by atoms with Gasteiger partial charge in [0.05, 0.1) is 6.10 Å². The lowest BCUT2D eigenvalue weighted by Gasteiger charge is -2.16. The zero-order valence-electron chi connectivity index (χ0n) is 12.5. The van der Waals surface area contributed by atoms with E-state index in [0.717, 1.165) is 6.42 Å². The minimum absolute atomic E-state index is 0.0835. The summed E-state index contributed by atoms with van der Waals surface area (Å²) in [7, 11) is 0. The van der Waals surface area contributed by atoms with Gasteiger partial charge in [-0.1, -0.05) is 26.0 Å². The molecule has 2 nitrogen and oxygen atoms in total. The van der Waals surface area contributed by atoms with Gasteiger partial charge >= 0.3 is 6.18 Å². The van der Waals surface area contributed by atoms with Crippen LogP contribution >= 0.6 is 0 Å². The largest absolute Gasteiger partial charge is 0.491 e. The Morgan fingerprint density at radius 2 is 1.71 bits per heavy atom. The number of aryl methyl sites for hydroxylation is 1. The van der Waals surface area contributed by atoms with Gasteiger partial charge in [-0.25, -0.2) is 0 Å². The van der Waals surface area contributed by atoms with E-state index in [1.54, 1.807) is 24.3 Å². The first-order valence-electron chi connectivity index (χ1n) is 7.04.